The van der Waals surface area contributed by atoms with Crippen LogP contribution in [0.5, 0.6) is 0 Å². The highest BCUT2D eigenvalue weighted by Gasteiger charge is 2.20. The maximum Gasteiger partial charge on any atom is 0.0951 e. The van der Waals surface area contributed by atoms with E-state index in [1.54, 1.807) is 0 Å². The Labute approximate surface area is 108 Å². The first-order chi connectivity index (χ1) is 8.18. The van der Waals surface area contributed by atoms with Crippen LogP contribution in [-0.4, -0.2) is 21.1 Å². The maximum absolute atomic E-state index is 6.28. The molecule has 1 aromatic rings. The summed E-state index contributed by atoms with van der Waals surface area (Å²) in [5.41, 5.74) is 7.50. The van der Waals surface area contributed by atoms with E-state index in [1.807, 2.05) is 12.5 Å². The van der Waals surface area contributed by atoms with Gasteiger partial charge in [0.05, 0.1) is 12.0 Å². The molecule has 1 unspecified atom stereocenters. The summed E-state index contributed by atoms with van der Waals surface area (Å²) in [6.07, 6.45) is 7.46. The molecule has 1 aliphatic heterocycles. The molecule has 0 radical (unpaired) electrons. The van der Waals surface area contributed by atoms with Crippen molar-refractivity contribution in [3.05, 3.63) is 18.2 Å². The van der Waals surface area contributed by atoms with E-state index in [4.69, 9.17) is 5.73 Å². The summed E-state index contributed by atoms with van der Waals surface area (Å²) in [6.45, 7) is 4.44. The van der Waals surface area contributed by atoms with Gasteiger partial charge in [0.25, 0.3) is 0 Å². The standard InChI is InChI=1S/C13H23N3S/c1-10(2)7-12(14)13-8-15-9-16(13)11-3-5-17-6-4-11/h8-12H,3-7,14H2,1-2H3. The van der Waals surface area contributed by atoms with Crippen LogP contribution in [0.25, 0.3) is 0 Å². The number of aromatic nitrogens is 2. The second kappa shape index (κ2) is 5.91. The van der Waals surface area contributed by atoms with Crippen molar-refractivity contribution in [2.75, 3.05) is 11.5 Å². The zero-order valence-electron chi connectivity index (χ0n) is 10.8. The van der Waals surface area contributed by atoms with Crippen molar-refractivity contribution in [1.29, 1.82) is 0 Å². The van der Waals surface area contributed by atoms with Crippen molar-refractivity contribution in [2.45, 2.75) is 45.2 Å². The van der Waals surface area contributed by atoms with E-state index in [2.05, 4.69) is 35.2 Å². The van der Waals surface area contributed by atoms with Crippen LogP contribution < -0.4 is 5.73 Å². The molecule has 1 atom stereocenters. The first-order valence-corrected chi connectivity index (χ1v) is 7.69. The Balaban J connectivity index is 2.09. The smallest absolute Gasteiger partial charge is 0.0951 e. The second-order valence-corrected chi connectivity index (χ2v) is 6.53. The highest BCUT2D eigenvalue weighted by Crippen LogP contribution is 2.30. The van der Waals surface area contributed by atoms with Gasteiger partial charge in [0.1, 0.15) is 0 Å². The average molecular weight is 253 g/mol. The molecule has 17 heavy (non-hydrogen) atoms. The van der Waals surface area contributed by atoms with E-state index in [1.165, 1.54) is 30.0 Å². The lowest BCUT2D eigenvalue weighted by molar-refractivity contribution is 0.422. The van der Waals surface area contributed by atoms with Crippen molar-refractivity contribution < 1.29 is 0 Å². The molecule has 2 rings (SSSR count). The van der Waals surface area contributed by atoms with Crippen LogP contribution in [0.3, 0.4) is 0 Å². The van der Waals surface area contributed by atoms with Gasteiger partial charge in [0.2, 0.25) is 0 Å². The highest BCUT2D eigenvalue weighted by atomic mass is 32.2. The van der Waals surface area contributed by atoms with Gasteiger partial charge in [-0.1, -0.05) is 13.8 Å². The molecule has 4 heteroatoms. The molecule has 0 bridgehead atoms. The maximum atomic E-state index is 6.28. The average Bonchev–Trinajstić information content (AvgIpc) is 2.78. The first-order valence-electron chi connectivity index (χ1n) is 6.53. The number of thioether (sulfide) groups is 1. The lowest BCUT2D eigenvalue weighted by Crippen LogP contribution is -2.22. The van der Waals surface area contributed by atoms with Crippen LogP contribution >= 0.6 is 11.8 Å². The molecule has 2 heterocycles. The Bertz CT molecular complexity index is 342. The molecule has 0 amide bonds. The van der Waals surface area contributed by atoms with Gasteiger partial charge in [-0.3, -0.25) is 0 Å². The zero-order valence-corrected chi connectivity index (χ0v) is 11.6. The third-order valence-electron chi connectivity index (χ3n) is 3.39. The fourth-order valence-corrected chi connectivity index (χ4v) is 3.58. The largest absolute Gasteiger partial charge is 0.330 e. The molecule has 0 saturated carbocycles. The van der Waals surface area contributed by atoms with Gasteiger partial charge in [0.15, 0.2) is 0 Å². The van der Waals surface area contributed by atoms with Crippen LogP contribution in [0.2, 0.25) is 0 Å². The number of hydrogen-bond acceptors (Lipinski definition) is 3. The van der Waals surface area contributed by atoms with Crippen LogP contribution in [0.4, 0.5) is 0 Å². The van der Waals surface area contributed by atoms with E-state index in [0.717, 1.165) is 6.42 Å². The minimum absolute atomic E-state index is 0.132. The fraction of sp³-hybridized carbons (Fsp3) is 0.769. The topological polar surface area (TPSA) is 43.8 Å². The monoisotopic (exact) mass is 253 g/mol. The van der Waals surface area contributed by atoms with E-state index < -0.39 is 0 Å². The Hall–Kier alpha value is -0.480. The van der Waals surface area contributed by atoms with Gasteiger partial charge >= 0.3 is 0 Å². The zero-order chi connectivity index (χ0) is 12.3. The molecule has 0 aromatic carbocycles. The van der Waals surface area contributed by atoms with E-state index in [9.17, 15) is 0 Å². The summed E-state index contributed by atoms with van der Waals surface area (Å²) in [5.74, 6) is 3.17. The second-order valence-electron chi connectivity index (χ2n) is 5.31. The molecule has 1 aromatic heterocycles. The molecular weight excluding hydrogens is 230 g/mol. The van der Waals surface area contributed by atoms with E-state index in [-0.39, 0.29) is 6.04 Å². The van der Waals surface area contributed by atoms with Crippen LogP contribution in [0, 0.1) is 5.92 Å². The molecule has 1 saturated heterocycles. The van der Waals surface area contributed by atoms with Crippen LogP contribution in [0.1, 0.15) is 50.9 Å². The third kappa shape index (κ3) is 3.26. The van der Waals surface area contributed by atoms with Crippen molar-refractivity contribution in [1.82, 2.24) is 9.55 Å². The number of hydrogen-bond donors (Lipinski definition) is 1. The van der Waals surface area contributed by atoms with Gasteiger partial charge in [0, 0.05) is 18.3 Å². The third-order valence-corrected chi connectivity index (χ3v) is 4.43. The van der Waals surface area contributed by atoms with Gasteiger partial charge in [-0.15, -0.1) is 0 Å². The Kier molecular flexibility index (Phi) is 4.51. The summed E-state index contributed by atoms with van der Waals surface area (Å²) in [4.78, 5) is 4.30. The van der Waals surface area contributed by atoms with Gasteiger partial charge in [-0.25, -0.2) is 4.98 Å². The van der Waals surface area contributed by atoms with E-state index in [0.29, 0.717) is 12.0 Å². The minimum atomic E-state index is 0.132. The van der Waals surface area contributed by atoms with Gasteiger partial charge in [-0.05, 0) is 36.7 Å². The number of nitrogens with two attached hydrogens (primary N) is 1. The Morgan fingerprint density at radius 2 is 2.18 bits per heavy atom. The fourth-order valence-electron chi connectivity index (χ4n) is 2.50. The molecule has 3 nitrogen and oxygen atoms in total. The predicted molar refractivity (Wildman–Crippen MR) is 74.2 cm³/mol. The Morgan fingerprint density at radius 1 is 1.47 bits per heavy atom. The quantitative estimate of drug-likeness (QED) is 0.897. The van der Waals surface area contributed by atoms with Crippen LogP contribution in [-0.2, 0) is 0 Å². The molecule has 96 valence electrons. The first kappa shape index (κ1) is 13.0. The lowest BCUT2D eigenvalue weighted by atomic mass is 10.0. The Morgan fingerprint density at radius 3 is 2.82 bits per heavy atom. The molecule has 1 aliphatic rings. The normalized spacial score (nSPS) is 19.8. The molecule has 1 fully saturated rings. The van der Waals surface area contributed by atoms with Crippen LogP contribution in [0.15, 0.2) is 12.5 Å². The molecular formula is C13H23N3S. The summed E-state index contributed by atoms with van der Waals surface area (Å²) >= 11 is 2.06. The summed E-state index contributed by atoms with van der Waals surface area (Å²) < 4.78 is 2.33. The highest BCUT2D eigenvalue weighted by molar-refractivity contribution is 7.99. The molecule has 0 spiro atoms. The number of imidazole rings is 1. The molecule has 2 N–H and O–H groups in total. The number of nitrogens with zero attached hydrogens (tertiary/aromatic N) is 2. The SMILES string of the molecule is CC(C)CC(N)c1cncn1C1CCSCC1. The van der Waals surface area contributed by atoms with Gasteiger partial charge < -0.3 is 10.3 Å². The van der Waals surface area contributed by atoms with Crippen molar-refractivity contribution in [3.8, 4) is 0 Å². The summed E-state index contributed by atoms with van der Waals surface area (Å²) in [6, 6.07) is 0.749. The predicted octanol–water partition coefficient (Wildman–Crippen LogP) is 3.00. The minimum Gasteiger partial charge on any atom is -0.330 e. The lowest BCUT2D eigenvalue weighted by Gasteiger charge is -2.26. The van der Waals surface area contributed by atoms with Gasteiger partial charge in [-0.2, -0.15) is 11.8 Å². The summed E-state index contributed by atoms with van der Waals surface area (Å²) in [7, 11) is 0. The van der Waals surface area contributed by atoms with Crippen molar-refractivity contribution >= 4 is 11.8 Å². The van der Waals surface area contributed by atoms with Crippen molar-refractivity contribution in [2.24, 2.45) is 11.7 Å². The molecule has 0 aliphatic carbocycles. The number of rotatable bonds is 4. The van der Waals surface area contributed by atoms with Crippen molar-refractivity contribution in [3.63, 3.8) is 0 Å². The summed E-state index contributed by atoms with van der Waals surface area (Å²) in [5, 5.41) is 0. The van der Waals surface area contributed by atoms with E-state index >= 15 is 0 Å².